The highest BCUT2D eigenvalue weighted by Gasteiger charge is 2.19. The Balaban J connectivity index is 2.13. The fourth-order valence-corrected chi connectivity index (χ4v) is 2.23. The molecule has 1 heterocycles. The van der Waals surface area contributed by atoms with Crippen molar-refractivity contribution in [1.82, 2.24) is 9.88 Å². The summed E-state index contributed by atoms with van der Waals surface area (Å²) in [5.41, 5.74) is 1.35. The molecule has 2 rings (SSSR count). The fourth-order valence-electron chi connectivity index (χ4n) is 2.23. The van der Waals surface area contributed by atoms with Gasteiger partial charge in [-0.15, -0.1) is 0 Å². The maximum Gasteiger partial charge on any atom is 0.257 e. The minimum atomic E-state index is -0.450. The topological polar surface area (TPSA) is 42.4 Å². The molecular weight excluding hydrogens is 283 g/mol. The molecule has 1 aromatic heterocycles. The predicted molar refractivity (Wildman–Crippen MR) is 82.5 cm³/mol. The number of methoxy groups -OCH3 is 1. The fraction of sp³-hybridized carbons (Fsp3) is 0.294. The molecule has 0 saturated heterocycles. The Kier molecular flexibility index (Phi) is 5.47. The molecule has 0 aliphatic heterocycles. The van der Waals surface area contributed by atoms with Crippen LogP contribution in [0.3, 0.4) is 0 Å². The number of pyridine rings is 1. The number of benzene rings is 1. The van der Waals surface area contributed by atoms with E-state index in [2.05, 4.69) is 4.98 Å². The number of carbonyl (C=O) groups is 1. The Labute approximate surface area is 129 Å². The summed E-state index contributed by atoms with van der Waals surface area (Å²) in [6.45, 7) is 3.00. The summed E-state index contributed by atoms with van der Waals surface area (Å²) in [4.78, 5) is 18.2. The van der Waals surface area contributed by atoms with Gasteiger partial charge in [0.05, 0.1) is 12.7 Å². The van der Waals surface area contributed by atoms with Gasteiger partial charge in [-0.05, 0) is 49.2 Å². The van der Waals surface area contributed by atoms with Gasteiger partial charge in [0.1, 0.15) is 11.6 Å². The Hall–Kier alpha value is -2.43. The van der Waals surface area contributed by atoms with Gasteiger partial charge in [-0.2, -0.15) is 0 Å². The van der Waals surface area contributed by atoms with Crippen LogP contribution in [0.25, 0.3) is 0 Å². The zero-order valence-electron chi connectivity index (χ0n) is 12.8. The van der Waals surface area contributed by atoms with E-state index in [-0.39, 0.29) is 11.5 Å². The molecule has 0 aliphatic rings. The van der Waals surface area contributed by atoms with Gasteiger partial charge in [0.25, 0.3) is 5.91 Å². The van der Waals surface area contributed by atoms with Crippen LogP contribution in [0.4, 0.5) is 4.39 Å². The second-order valence-electron chi connectivity index (χ2n) is 4.83. The summed E-state index contributed by atoms with van der Waals surface area (Å²) < 4.78 is 18.6. The van der Waals surface area contributed by atoms with Crippen molar-refractivity contribution >= 4 is 5.91 Å². The average molecular weight is 302 g/mol. The molecule has 0 fully saturated rings. The number of ether oxygens (including phenoxy) is 1. The first kappa shape index (κ1) is 15.9. The molecule has 0 radical (unpaired) electrons. The second kappa shape index (κ2) is 7.54. The van der Waals surface area contributed by atoms with E-state index in [4.69, 9.17) is 4.74 Å². The van der Waals surface area contributed by atoms with E-state index in [1.165, 1.54) is 25.3 Å². The number of hydrogen-bond donors (Lipinski definition) is 0. The summed E-state index contributed by atoms with van der Waals surface area (Å²) in [6, 6.07) is 7.81. The van der Waals surface area contributed by atoms with Crippen molar-refractivity contribution in [2.24, 2.45) is 0 Å². The van der Waals surface area contributed by atoms with E-state index in [9.17, 15) is 9.18 Å². The molecule has 0 spiro atoms. The van der Waals surface area contributed by atoms with E-state index in [0.717, 1.165) is 12.0 Å². The number of likely N-dealkylation sites (N-methyl/N-ethyl adjacent to an activating group) is 1. The lowest BCUT2D eigenvalue weighted by Gasteiger charge is -2.22. The van der Waals surface area contributed by atoms with Crippen LogP contribution in [0.2, 0.25) is 0 Å². The standard InChI is InChI=1S/C17H19FN2O2/c1-3-20(11-8-13-6-9-19-10-7-13)17(21)15-12-14(18)4-5-16(15)22-2/h4-7,9-10,12H,3,8,11H2,1-2H3. The number of aromatic nitrogens is 1. The molecule has 1 amide bonds. The third kappa shape index (κ3) is 3.81. The minimum Gasteiger partial charge on any atom is -0.496 e. The van der Waals surface area contributed by atoms with Crippen LogP contribution in [0, 0.1) is 5.82 Å². The number of rotatable bonds is 6. The van der Waals surface area contributed by atoms with E-state index in [0.29, 0.717) is 18.8 Å². The Morgan fingerprint density at radius 2 is 2.00 bits per heavy atom. The quantitative estimate of drug-likeness (QED) is 0.824. The van der Waals surface area contributed by atoms with Gasteiger partial charge in [0, 0.05) is 25.5 Å². The lowest BCUT2D eigenvalue weighted by Crippen LogP contribution is -2.33. The molecular formula is C17H19FN2O2. The first-order chi connectivity index (χ1) is 10.7. The molecule has 4 nitrogen and oxygen atoms in total. The van der Waals surface area contributed by atoms with E-state index in [1.807, 2.05) is 19.1 Å². The van der Waals surface area contributed by atoms with Crippen molar-refractivity contribution in [3.63, 3.8) is 0 Å². The van der Waals surface area contributed by atoms with Gasteiger partial charge in [0.2, 0.25) is 0 Å². The highest BCUT2D eigenvalue weighted by Crippen LogP contribution is 2.21. The summed E-state index contributed by atoms with van der Waals surface area (Å²) >= 11 is 0. The van der Waals surface area contributed by atoms with Crippen LogP contribution in [0.15, 0.2) is 42.7 Å². The highest BCUT2D eigenvalue weighted by atomic mass is 19.1. The number of carbonyl (C=O) groups excluding carboxylic acids is 1. The third-order valence-corrected chi connectivity index (χ3v) is 3.48. The van der Waals surface area contributed by atoms with Gasteiger partial charge in [-0.1, -0.05) is 0 Å². The van der Waals surface area contributed by atoms with E-state index >= 15 is 0 Å². The highest BCUT2D eigenvalue weighted by molar-refractivity contribution is 5.97. The van der Waals surface area contributed by atoms with Crippen molar-refractivity contribution < 1.29 is 13.9 Å². The third-order valence-electron chi connectivity index (χ3n) is 3.48. The Bertz CT molecular complexity index is 632. The van der Waals surface area contributed by atoms with Crippen LogP contribution < -0.4 is 4.74 Å². The normalized spacial score (nSPS) is 10.3. The van der Waals surface area contributed by atoms with Crippen LogP contribution in [0.5, 0.6) is 5.75 Å². The maximum atomic E-state index is 13.4. The molecule has 0 bridgehead atoms. The first-order valence-electron chi connectivity index (χ1n) is 7.17. The number of halogens is 1. The molecule has 116 valence electrons. The van der Waals surface area contributed by atoms with Crippen LogP contribution in [0.1, 0.15) is 22.8 Å². The number of nitrogens with zero attached hydrogens (tertiary/aromatic N) is 2. The molecule has 0 unspecified atom stereocenters. The smallest absolute Gasteiger partial charge is 0.257 e. The molecule has 0 aliphatic carbocycles. The Morgan fingerprint density at radius 3 is 2.64 bits per heavy atom. The summed E-state index contributed by atoms with van der Waals surface area (Å²) in [6.07, 6.45) is 4.17. The number of amides is 1. The predicted octanol–water partition coefficient (Wildman–Crippen LogP) is 2.93. The molecule has 0 N–H and O–H groups in total. The average Bonchev–Trinajstić information content (AvgIpc) is 2.56. The van der Waals surface area contributed by atoms with Gasteiger partial charge in [-0.3, -0.25) is 9.78 Å². The summed E-state index contributed by atoms with van der Waals surface area (Å²) in [7, 11) is 1.47. The zero-order chi connectivity index (χ0) is 15.9. The first-order valence-corrected chi connectivity index (χ1v) is 7.17. The van der Waals surface area contributed by atoms with Crippen molar-refractivity contribution in [2.45, 2.75) is 13.3 Å². The van der Waals surface area contributed by atoms with Gasteiger partial charge in [-0.25, -0.2) is 4.39 Å². The Morgan fingerprint density at radius 1 is 1.27 bits per heavy atom. The summed E-state index contributed by atoms with van der Waals surface area (Å²) in [5, 5.41) is 0. The van der Waals surface area contributed by atoms with E-state index in [1.54, 1.807) is 17.3 Å². The van der Waals surface area contributed by atoms with Crippen molar-refractivity contribution in [2.75, 3.05) is 20.2 Å². The van der Waals surface area contributed by atoms with E-state index < -0.39 is 5.82 Å². The van der Waals surface area contributed by atoms with Crippen LogP contribution in [-0.4, -0.2) is 36.0 Å². The lowest BCUT2D eigenvalue weighted by atomic mass is 10.1. The van der Waals surface area contributed by atoms with Crippen molar-refractivity contribution in [3.05, 3.63) is 59.7 Å². The van der Waals surface area contributed by atoms with Crippen LogP contribution >= 0.6 is 0 Å². The van der Waals surface area contributed by atoms with Gasteiger partial charge < -0.3 is 9.64 Å². The van der Waals surface area contributed by atoms with Crippen LogP contribution in [-0.2, 0) is 6.42 Å². The zero-order valence-corrected chi connectivity index (χ0v) is 12.8. The second-order valence-corrected chi connectivity index (χ2v) is 4.83. The SMILES string of the molecule is CCN(CCc1ccncc1)C(=O)c1cc(F)ccc1OC. The molecule has 22 heavy (non-hydrogen) atoms. The van der Waals surface area contributed by atoms with Gasteiger partial charge in [0.15, 0.2) is 0 Å². The minimum absolute atomic E-state index is 0.229. The lowest BCUT2D eigenvalue weighted by molar-refractivity contribution is 0.0762. The maximum absolute atomic E-state index is 13.4. The van der Waals surface area contributed by atoms with Crippen molar-refractivity contribution in [3.8, 4) is 5.75 Å². The van der Waals surface area contributed by atoms with Crippen molar-refractivity contribution in [1.29, 1.82) is 0 Å². The van der Waals surface area contributed by atoms with Gasteiger partial charge >= 0.3 is 0 Å². The monoisotopic (exact) mass is 302 g/mol. The molecule has 0 atom stereocenters. The summed E-state index contributed by atoms with van der Waals surface area (Å²) in [5.74, 6) is -0.295. The molecule has 5 heteroatoms. The molecule has 2 aromatic rings. The molecule has 1 aromatic carbocycles. The molecule has 0 saturated carbocycles. The largest absolute Gasteiger partial charge is 0.496 e. The number of hydrogen-bond acceptors (Lipinski definition) is 3.